The summed E-state index contributed by atoms with van der Waals surface area (Å²) in [6.07, 6.45) is 14.6. The lowest BCUT2D eigenvalue weighted by Gasteiger charge is -2.13. The standard InChI is InChI=1S/C21H41NO5/c1-4-5-6-7-8-9-10-11-12-13-14-15-16-26-20(23)19(2)22-21(24)27-18-17-25-3/h19H,4-18H2,1-3H3,(H,22,24). The molecule has 0 bridgehead atoms. The van der Waals surface area contributed by atoms with E-state index in [-0.39, 0.29) is 6.61 Å². The maximum absolute atomic E-state index is 11.8. The molecule has 0 rings (SSSR count). The molecular weight excluding hydrogens is 346 g/mol. The predicted molar refractivity (Wildman–Crippen MR) is 108 cm³/mol. The van der Waals surface area contributed by atoms with Gasteiger partial charge >= 0.3 is 12.1 Å². The van der Waals surface area contributed by atoms with E-state index in [1.54, 1.807) is 6.92 Å². The molecule has 1 atom stereocenters. The summed E-state index contributed by atoms with van der Waals surface area (Å²) in [7, 11) is 1.52. The van der Waals surface area contributed by atoms with Crippen molar-refractivity contribution in [1.29, 1.82) is 0 Å². The van der Waals surface area contributed by atoms with Crippen LogP contribution in [0.1, 0.15) is 90.9 Å². The minimum atomic E-state index is -0.711. The van der Waals surface area contributed by atoms with E-state index in [2.05, 4.69) is 12.2 Å². The SMILES string of the molecule is CCCCCCCCCCCCCCOC(=O)C(C)NC(=O)OCCOC. The maximum Gasteiger partial charge on any atom is 0.407 e. The van der Waals surface area contributed by atoms with Gasteiger partial charge in [-0.1, -0.05) is 77.6 Å². The van der Waals surface area contributed by atoms with Gasteiger partial charge in [-0.15, -0.1) is 0 Å². The van der Waals surface area contributed by atoms with Crippen LogP contribution in [0.3, 0.4) is 0 Å². The molecule has 0 aliphatic carbocycles. The maximum atomic E-state index is 11.8. The Morgan fingerprint density at radius 1 is 0.741 bits per heavy atom. The second-order valence-electron chi connectivity index (χ2n) is 7.05. The number of unbranched alkanes of at least 4 members (excludes halogenated alkanes) is 11. The first kappa shape index (κ1) is 25.7. The van der Waals surface area contributed by atoms with Gasteiger partial charge in [-0.2, -0.15) is 0 Å². The molecule has 1 unspecified atom stereocenters. The van der Waals surface area contributed by atoms with Crippen molar-refractivity contribution in [2.45, 2.75) is 96.9 Å². The Kier molecular flexibility index (Phi) is 18.5. The normalized spacial score (nSPS) is 11.8. The molecule has 6 heteroatoms. The number of hydrogen-bond donors (Lipinski definition) is 1. The van der Waals surface area contributed by atoms with Crippen LogP contribution in [-0.2, 0) is 19.0 Å². The van der Waals surface area contributed by atoms with Gasteiger partial charge in [0, 0.05) is 7.11 Å². The summed E-state index contributed by atoms with van der Waals surface area (Å²) >= 11 is 0. The Labute approximate surface area is 165 Å². The highest BCUT2D eigenvalue weighted by molar-refractivity contribution is 5.80. The number of methoxy groups -OCH3 is 1. The Morgan fingerprint density at radius 2 is 1.26 bits per heavy atom. The summed E-state index contributed by atoms with van der Waals surface area (Å²) in [5.41, 5.74) is 0. The van der Waals surface area contributed by atoms with Gasteiger partial charge < -0.3 is 19.5 Å². The molecule has 0 spiro atoms. The Bertz CT molecular complexity index is 362. The van der Waals surface area contributed by atoms with Gasteiger partial charge in [-0.25, -0.2) is 9.59 Å². The van der Waals surface area contributed by atoms with E-state index >= 15 is 0 Å². The number of hydrogen-bond acceptors (Lipinski definition) is 5. The van der Waals surface area contributed by atoms with Gasteiger partial charge in [0.25, 0.3) is 0 Å². The van der Waals surface area contributed by atoms with Gasteiger partial charge in [-0.05, 0) is 13.3 Å². The number of carbonyl (C=O) groups is 2. The average molecular weight is 388 g/mol. The fourth-order valence-electron chi connectivity index (χ4n) is 2.74. The lowest BCUT2D eigenvalue weighted by molar-refractivity contribution is -0.145. The Hall–Kier alpha value is -1.30. The summed E-state index contributed by atoms with van der Waals surface area (Å²) in [4.78, 5) is 23.2. The van der Waals surface area contributed by atoms with E-state index in [9.17, 15) is 9.59 Å². The molecule has 0 aromatic rings. The van der Waals surface area contributed by atoms with Crippen molar-refractivity contribution in [3.63, 3.8) is 0 Å². The van der Waals surface area contributed by atoms with Gasteiger partial charge in [-0.3, -0.25) is 0 Å². The number of amides is 1. The van der Waals surface area contributed by atoms with Crippen LogP contribution in [0.4, 0.5) is 4.79 Å². The molecule has 0 heterocycles. The highest BCUT2D eigenvalue weighted by Gasteiger charge is 2.17. The first-order valence-corrected chi connectivity index (χ1v) is 10.7. The number of carbonyl (C=O) groups excluding carboxylic acids is 2. The second kappa shape index (κ2) is 19.5. The van der Waals surface area contributed by atoms with Crippen LogP contribution in [-0.4, -0.2) is 45.0 Å². The third kappa shape index (κ3) is 17.9. The molecule has 0 aliphatic rings. The van der Waals surface area contributed by atoms with Crippen molar-refractivity contribution in [3.05, 3.63) is 0 Å². The molecule has 0 aromatic heterocycles. The summed E-state index contributed by atoms with van der Waals surface area (Å²) in [5.74, 6) is -0.429. The molecule has 1 amide bonds. The molecule has 1 N–H and O–H groups in total. The highest BCUT2D eigenvalue weighted by atomic mass is 16.6. The quantitative estimate of drug-likeness (QED) is 0.265. The molecule has 0 fully saturated rings. The molecule has 0 saturated heterocycles. The van der Waals surface area contributed by atoms with Crippen molar-refractivity contribution in [2.24, 2.45) is 0 Å². The fraction of sp³-hybridized carbons (Fsp3) is 0.905. The topological polar surface area (TPSA) is 73.9 Å². The zero-order chi connectivity index (χ0) is 20.2. The van der Waals surface area contributed by atoms with Crippen molar-refractivity contribution in [2.75, 3.05) is 26.9 Å². The van der Waals surface area contributed by atoms with Gasteiger partial charge in [0.2, 0.25) is 0 Å². The largest absolute Gasteiger partial charge is 0.464 e. The molecule has 0 radical (unpaired) electrons. The van der Waals surface area contributed by atoms with E-state index < -0.39 is 18.1 Å². The van der Waals surface area contributed by atoms with Crippen LogP contribution in [0.25, 0.3) is 0 Å². The summed E-state index contributed by atoms with van der Waals surface area (Å²) in [6.45, 7) is 4.72. The van der Waals surface area contributed by atoms with Gasteiger partial charge in [0.1, 0.15) is 12.6 Å². The number of nitrogens with one attached hydrogen (secondary N) is 1. The minimum absolute atomic E-state index is 0.156. The van der Waals surface area contributed by atoms with E-state index in [1.165, 1.54) is 71.3 Å². The van der Waals surface area contributed by atoms with Crippen LogP contribution in [0.2, 0.25) is 0 Å². The Balaban J connectivity index is 3.41. The zero-order valence-corrected chi connectivity index (χ0v) is 17.7. The molecule has 160 valence electrons. The smallest absolute Gasteiger partial charge is 0.407 e. The molecule has 0 saturated carbocycles. The predicted octanol–water partition coefficient (Wildman–Crippen LogP) is 4.99. The number of ether oxygens (including phenoxy) is 3. The lowest BCUT2D eigenvalue weighted by atomic mass is 10.1. The molecule has 0 aromatic carbocycles. The van der Waals surface area contributed by atoms with Crippen LogP contribution in [0, 0.1) is 0 Å². The number of rotatable bonds is 18. The van der Waals surface area contributed by atoms with Crippen LogP contribution >= 0.6 is 0 Å². The zero-order valence-electron chi connectivity index (χ0n) is 17.7. The van der Waals surface area contributed by atoms with Crippen LogP contribution in [0.15, 0.2) is 0 Å². The van der Waals surface area contributed by atoms with Crippen molar-refractivity contribution >= 4 is 12.1 Å². The lowest BCUT2D eigenvalue weighted by Crippen LogP contribution is -2.40. The molecular formula is C21H41NO5. The van der Waals surface area contributed by atoms with Crippen molar-refractivity contribution in [3.8, 4) is 0 Å². The van der Waals surface area contributed by atoms with E-state index in [0.717, 1.165) is 12.8 Å². The minimum Gasteiger partial charge on any atom is -0.464 e. The van der Waals surface area contributed by atoms with Gasteiger partial charge in [0.15, 0.2) is 0 Å². The number of esters is 1. The molecule has 0 aliphatic heterocycles. The third-order valence-electron chi connectivity index (χ3n) is 4.45. The fourth-order valence-corrected chi connectivity index (χ4v) is 2.74. The average Bonchev–Trinajstić information content (AvgIpc) is 2.65. The second-order valence-corrected chi connectivity index (χ2v) is 7.05. The van der Waals surface area contributed by atoms with Crippen molar-refractivity contribution in [1.82, 2.24) is 5.32 Å². The number of alkyl carbamates (subject to hydrolysis) is 1. The van der Waals surface area contributed by atoms with Crippen LogP contribution in [0.5, 0.6) is 0 Å². The van der Waals surface area contributed by atoms with Crippen molar-refractivity contribution < 1.29 is 23.8 Å². The van der Waals surface area contributed by atoms with Gasteiger partial charge in [0.05, 0.1) is 13.2 Å². The van der Waals surface area contributed by atoms with Crippen LogP contribution < -0.4 is 5.32 Å². The molecule has 27 heavy (non-hydrogen) atoms. The van der Waals surface area contributed by atoms with E-state index in [0.29, 0.717) is 13.2 Å². The summed E-state index contributed by atoms with van der Waals surface area (Å²) in [6, 6.07) is -0.711. The highest BCUT2D eigenvalue weighted by Crippen LogP contribution is 2.11. The van der Waals surface area contributed by atoms with E-state index in [4.69, 9.17) is 14.2 Å². The summed E-state index contributed by atoms with van der Waals surface area (Å²) in [5, 5.41) is 2.44. The third-order valence-corrected chi connectivity index (χ3v) is 4.45. The first-order chi connectivity index (χ1) is 13.1. The first-order valence-electron chi connectivity index (χ1n) is 10.7. The monoisotopic (exact) mass is 387 g/mol. The Morgan fingerprint density at radius 3 is 1.78 bits per heavy atom. The molecule has 6 nitrogen and oxygen atoms in total. The summed E-state index contributed by atoms with van der Waals surface area (Å²) < 4.78 is 14.8. The van der Waals surface area contributed by atoms with E-state index in [1.807, 2.05) is 0 Å².